The quantitative estimate of drug-likeness (QED) is 0.779. The van der Waals surface area contributed by atoms with Crippen LogP contribution < -0.4 is 5.32 Å². The van der Waals surface area contributed by atoms with E-state index in [4.69, 9.17) is 4.74 Å². The Morgan fingerprint density at radius 2 is 1.94 bits per heavy atom. The van der Waals surface area contributed by atoms with E-state index in [9.17, 15) is 0 Å². The van der Waals surface area contributed by atoms with E-state index in [0.29, 0.717) is 12.1 Å². The van der Waals surface area contributed by atoms with E-state index in [1.165, 1.54) is 19.3 Å². The maximum atomic E-state index is 5.61. The van der Waals surface area contributed by atoms with Gasteiger partial charge in [0, 0.05) is 13.2 Å². The highest BCUT2D eigenvalue weighted by atomic mass is 16.5. The fraction of sp³-hybridized carbons (Fsp3) is 1.00. The molecule has 0 spiro atoms. The van der Waals surface area contributed by atoms with Gasteiger partial charge in [-0.1, -0.05) is 27.2 Å². The van der Waals surface area contributed by atoms with Gasteiger partial charge >= 0.3 is 0 Å². The first-order valence-electron chi connectivity index (χ1n) is 6.84. The average molecular weight is 227 g/mol. The van der Waals surface area contributed by atoms with Gasteiger partial charge in [-0.2, -0.15) is 0 Å². The van der Waals surface area contributed by atoms with Crippen LogP contribution in [0.4, 0.5) is 0 Å². The number of hydrogen-bond donors (Lipinski definition) is 1. The molecule has 0 bridgehead atoms. The molecule has 0 aromatic carbocycles. The van der Waals surface area contributed by atoms with Crippen molar-refractivity contribution in [3.63, 3.8) is 0 Å². The zero-order valence-electron chi connectivity index (χ0n) is 11.6. The van der Waals surface area contributed by atoms with Gasteiger partial charge in [0.2, 0.25) is 0 Å². The molecular weight excluding hydrogens is 198 g/mol. The molecule has 96 valence electrons. The molecule has 0 heterocycles. The third-order valence-electron chi connectivity index (χ3n) is 4.59. The summed E-state index contributed by atoms with van der Waals surface area (Å²) in [6, 6.07) is 0.532. The van der Waals surface area contributed by atoms with Crippen molar-refractivity contribution in [3.05, 3.63) is 0 Å². The van der Waals surface area contributed by atoms with Gasteiger partial charge in [-0.15, -0.1) is 0 Å². The number of rotatable bonds is 5. The van der Waals surface area contributed by atoms with Crippen LogP contribution in [0.1, 0.15) is 46.5 Å². The predicted molar refractivity (Wildman–Crippen MR) is 69.6 cm³/mol. The Hall–Kier alpha value is -0.0800. The monoisotopic (exact) mass is 227 g/mol. The molecule has 5 atom stereocenters. The highest BCUT2D eigenvalue weighted by Crippen LogP contribution is 2.36. The minimum atomic E-state index is 0.371. The normalized spacial score (nSPS) is 34.7. The van der Waals surface area contributed by atoms with E-state index in [-0.39, 0.29) is 0 Å². The molecule has 1 N–H and O–H groups in total. The fourth-order valence-corrected chi connectivity index (χ4v) is 3.21. The minimum Gasteiger partial charge on any atom is -0.380 e. The van der Waals surface area contributed by atoms with Crippen LogP contribution in [-0.2, 0) is 4.74 Å². The van der Waals surface area contributed by atoms with Crippen molar-refractivity contribution in [3.8, 4) is 0 Å². The first kappa shape index (κ1) is 14.0. The lowest BCUT2D eigenvalue weighted by Crippen LogP contribution is -2.46. The van der Waals surface area contributed by atoms with Crippen molar-refractivity contribution < 1.29 is 4.74 Å². The molecule has 0 aromatic rings. The van der Waals surface area contributed by atoms with Gasteiger partial charge in [0.1, 0.15) is 0 Å². The zero-order valence-corrected chi connectivity index (χ0v) is 11.6. The second-order valence-electron chi connectivity index (χ2n) is 5.52. The standard InChI is InChI=1S/C14H29NO/c1-6-13(16-5)14(15-4)12-8-7-10(2)11(3)9-12/h10-15H,6-9H2,1-5H3. The summed E-state index contributed by atoms with van der Waals surface area (Å²) < 4.78 is 5.61. The van der Waals surface area contributed by atoms with Crippen molar-refractivity contribution in [1.29, 1.82) is 0 Å². The highest BCUT2D eigenvalue weighted by Gasteiger charge is 2.33. The molecular formula is C14H29NO. The van der Waals surface area contributed by atoms with Crippen molar-refractivity contribution in [1.82, 2.24) is 5.32 Å². The molecule has 0 radical (unpaired) electrons. The van der Waals surface area contributed by atoms with Gasteiger partial charge in [0.05, 0.1) is 6.10 Å². The van der Waals surface area contributed by atoms with Crippen molar-refractivity contribution in [2.24, 2.45) is 17.8 Å². The third-order valence-corrected chi connectivity index (χ3v) is 4.59. The van der Waals surface area contributed by atoms with Gasteiger partial charge < -0.3 is 10.1 Å². The summed E-state index contributed by atoms with van der Waals surface area (Å²) in [5, 5.41) is 3.48. The maximum absolute atomic E-state index is 5.61. The van der Waals surface area contributed by atoms with E-state index in [0.717, 1.165) is 24.2 Å². The van der Waals surface area contributed by atoms with E-state index < -0.39 is 0 Å². The van der Waals surface area contributed by atoms with E-state index in [1.807, 2.05) is 7.11 Å². The Labute approximate surface area is 101 Å². The Bertz CT molecular complexity index is 191. The average Bonchev–Trinajstić information content (AvgIpc) is 2.29. The van der Waals surface area contributed by atoms with E-state index in [2.05, 4.69) is 33.1 Å². The summed E-state index contributed by atoms with van der Waals surface area (Å²) in [5.74, 6) is 2.56. The van der Waals surface area contributed by atoms with E-state index in [1.54, 1.807) is 0 Å². The highest BCUT2D eigenvalue weighted by molar-refractivity contribution is 4.87. The number of hydrogen-bond acceptors (Lipinski definition) is 2. The Morgan fingerprint density at radius 1 is 1.25 bits per heavy atom. The van der Waals surface area contributed by atoms with Gasteiger partial charge in [-0.25, -0.2) is 0 Å². The lowest BCUT2D eigenvalue weighted by Gasteiger charge is -2.39. The molecule has 1 saturated carbocycles. The molecule has 2 nitrogen and oxygen atoms in total. The Morgan fingerprint density at radius 3 is 2.38 bits per heavy atom. The van der Waals surface area contributed by atoms with Crippen LogP contribution in [0.3, 0.4) is 0 Å². The molecule has 1 aliphatic rings. The molecule has 0 saturated heterocycles. The molecule has 2 heteroatoms. The second-order valence-corrected chi connectivity index (χ2v) is 5.52. The van der Waals surface area contributed by atoms with Crippen LogP contribution in [0.25, 0.3) is 0 Å². The van der Waals surface area contributed by atoms with Gasteiger partial charge in [0.15, 0.2) is 0 Å². The summed E-state index contributed by atoms with van der Waals surface area (Å²) in [6.45, 7) is 7.01. The molecule has 1 aliphatic carbocycles. The van der Waals surface area contributed by atoms with Gasteiger partial charge in [-0.05, 0) is 44.1 Å². The first-order chi connectivity index (χ1) is 7.63. The number of ether oxygens (including phenoxy) is 1. The summed E-state index contributed by atoms with van der Waals surface area (Å²) in [5.41, 5.74) is 0. The lowest BCUT2D eigenvalue weighted by molar-refractivity contribution is 0.0294. The number of nitrogens with one attached hydrogen (secondary N) is 1. The van der Waals surface area contributed by atoms with E-state index >= 15 is 0 Å². The zero-order chi connectivity index (χ0) is 12.1. The smallest absolute Gasteiger partial charge is 0.0724 e. The topological polar surface area (TPSA) is 21.3 Å². The Kier molecular flexibility index (Phi) is 5.77. The van der Waals surface area contributed by atoms with Crippen LogP contribution in [0.15, 0.2) is 0 Å². The lowest BCUT2D eigenvalue weighted by atomic mass is 9.72. The van der Waals surface area contributed by atoms with Crippen molar-refractivity contribution >= 4 is 0 Å². The summed E-state index contributed by atoms with van der Waals surface area (Å²) in [6.07, 6.45) is 5.56. The van der Waals surface area contributed by atoms with Crippen molar-refractivity contribution in [2.45, 2.75) is 58.6 Å². The predicted octanol–water partition coefficient (Wildman–Crippen LogP) is 3.07. The van der Waals surface area contributed by atoms with Crippen LogP contribution in [0.5, 0.6) is 0 Å². The molecule has 1 fully saturated rings. The molecule has 16 heavy (non-hydrogen) atoms. The largest absolute Gasteiger partial charge is 0.380 e. The molecule has 0 aliphatic heterocycles. The second kappa shape index (κ2) is 6.61. The Balaban J connectivity index is 2.59. The third kappa shape index (κ3) is 3.21. The van der Waals surface area contributed by atoms with Crippen LogP contribution in [0, 0.1) is 17.8 Å². The molecule has 1 rings (SSSR count). The summed E-state index contributed by atoms with van der Waals surface area (Å²) in [7, 11) is 3.92. The maximum Gasteiger partial charge on any atom is 0.0724 e. The molecule has 0 amide bonds. The van der Waals surface area contributed by atoms with Crippen LogP contribution >= 0.6 is 0 Å². The minimum absolute atomic E-state index is 0.371. The number of likely N-dealkylation sites (N-methyl/N-ethyl adjacent to an activating group) is 1. The van der Waals surface area contributed by atoms with Crippen LogP contribution in [-0.4, -0.2) is 26.3 Å². The summed E-state index contributed by atoms with van der Waals surface area (Å²) in [4.78, 5) is 0. The summed E-state index contributed by atoms with van der Waals surface area (Å²) >= 11 is 0. The first-order valence-corrected chi connectivity index (χ1v) is 6.84. The van der Waals surface area contributed by atoms with Crippen molar-refractivity contribution in [2.75, 3.05) is 14.2 Å². The number of methoxy groups -OCH3 is 1. The van der Waals surface area contributed by atoms with Gasteiger partial charge in [0.25, 0.3) is 0 Å². The molecule has 5 unspecified atom stereocenters. The molecule has 0 aromatic heterocycles. The van der Waals surface area contributed by atoms with Gasteiger partial charge in [-0.3, -0.25) is 0 Å². The fourth-order valence-electron chi connectivity index (χ4n) is 3.21. The SMILES string of the molecule is CCC(OC)C(NC)C1CCC(C)C(C)C1. The van der Waals surface area contributed by atoms with Crippen LogP contribution in [0.2, 0.25) is 0 Å².